The molecule has 1 atom stereocenters. The Kier molecular flexibility index (Phi) is 10.3. The van der Waals surface area contributed by atoms with E-state index in [4.69, 9.17) is 0 Å². The first-order chi connectivity index (χ1) is 19.8. The van der Waals surface area contributed by atoms with Gasteiger partial charge in [-0.2, -0.15) is 11.3 Å². The van der Waals surface area contributed by atoms with Crippen molar-refractivity contribution in [2.75, 3.05) is 10.6 Å². The number of ketones is 1. The van der Waals surface area contributed by atoms with Crippen LogP contribution >= 0.6 is 23.1 Å². The van der Waals surface area contributed by atoms with Crippen LogP contribution in [0.5, 0.6) is 0 Å². The van der Waals surface area contributed by atoms with Crippen LogP contribution in [0, 0.1) is 0 Å². The monoisotopic (exact) mass is 583 g/mol. The normalized spacial score (nSPS) is 11.8. The second kappa shape index (κ2) is 14.2. The average molecular weight is 584 g/mol. The topological polar surface area (TPSA) is 104 Å². The highest BCUT2D eigenvalue weighted by molar-refractivity contribution is 8.00. The summed E-state index contributed by atoms with van der Waals surface area (Å²) in [5, 5.41) is 11.9. The fraction of sp³-hybridized carbons (Fsp3) is 0.125. The van der Waals surface area contributed by atoms with Crippen molar-refractivity contribution >= 4 is 64.1 Å². The Morgan fingerprint density at radius 2 is 1.61 bits per heavy atom. The van der Waals surface area contributed by atoms with Crippen LogP contribution in [-0.4, -0.2) is 28.8 Å². The molecule has 0 bridgehead atoms. The van der Waals surface area contributed by atoms with E-state index < -0.39 is 5.91 Å². The van der Waals surface area contributed by atoms with Gasteiger partial charge in [0.25, 0.3) is 11.8 Å². The molecule has 3 aromatic carbocycles. The van der Waals surface area contributed by atoms with Crippen LogP contribution in [0.25, 0.3) is 6.08 Å². The van der Waals surface area contributed by atoms with Crippen molar-refractivity contribution in [1.82, 2.24) is 5.32 Å². The standard InChI is InChI=1S/C32H29N3O4S2/c1-3-29(32(39)33-25-14-12-23(13-15-25)21(2)36)41-27-11-7-10-26(19-27)34-31(38)28(18-22-16-17-40-20-22)35-30(37)24-8-5-4-6-9-24/h4-20,29H,3H2,1-2H3,(H,33,39)(H,34,38)(H,35,37)/b28-18-. The summed E-state index contributed by atoms with van der Waals surface area (Å²) in [4.78, 5) is 51.4. The highest BCUT2D eigenvalue weighted by Crippen LogP contribution is 2.29. The van der Waals surface area contributed by atoms with Gasteiger partial charge in [-0.15, -0.1) is 11.8 Å². The Balaban J connectivity index is 1.44. The molecule has 0 spiro atoms. The smallest absolute Gasteiger partial charge is 0.272 e. The maximum absolute atomic E-state index is 13.3. The molecule has 0 radical (unpaired) electrons. The summed E-state index contributed by atoms with van der Waals surface area (Å²) in [6, 6.07) is 24.5. The SMILES string of the molecule is CCC(Sc1cccc(NC(=O)/C(=C/c2ccsc2)NC(=O)c2ccccc2)c1)C(=O)Nc1ccc(C(C)=O)cc1. The number of carbonyl (C=O) groups excluding carboxylic acids is 4. The van der Waals surface area contributed by atoms with Gasteiger partial charge in [0.1, 0.15) is 5.70 Å². The zero-order chi connectivity index (χ0) is 29.2. The lowest BCUT2D eigenvalue weighted by Crippen LogP contribution is -2.30. The number of hydrogen-bond acceptors (Lipinski definition) is 6. The lowest BCUT2D eigenvalue weighted by molar-refractivity contribution is -0.116. The number of thioether (sulfide) groups is 1. The maximum Gasteiger partial charge on any atom is 0.272 e. The first-order valence-corrected chi connectivity index (χ1v) is 14.7. The molecule has 0 saturated heterocycles. The van der Waals surface area contributed by atoms with Gasteiger partial charge in [0, 0.05) is 27.4 Å². The molecule has 3 amide bonds. The molecule has 4 rings (SSSR count). The van der Waals surface area contributed by atoms with Gasteiger partial charge in [-0.1, -0.05) is 31.2 Å². The number of Topliss-reactive ketones (excluding diaryl/α,β-unsaturated/α-hetero) is 1. The number of thiophene rings is 1. The predicted octanol–water partition coefficient (Wildman–Crippen LogP) is 6.87. The highest BCUT2D eigenvalue weighted by atomic mass is 32.2. The van der Waals surface area contributed by atoms with E-state index in [1.807, 2.05) is 35.9 Å². The number of hydrogen-bond donors (Lipinski definition) is 3. The van der Waals surface area contributed by atoms with Gasteiger partial charge in [0.15, 0.2) is 5.78 Å². The van der Waals surface area contributed by atoms with Crippen LogP contribution in [0.1, 0.15) is 46.5 Å². The van der Waals surface area contributed by atoms with Gasteiger partial charge in [0.05, 0.1) is 5.25 Å². The molecule has 1 unspecified atom stereocenters. The number of nitrogens with one attached hydrogen (secondary N) is 3. The molecule has 7 nitrogen and oxygen atoms in total. The Morgan fingerprint density at radius 3 is 2.27 bits per heavy atom. The van der Waals surface area contributed by atoms with Crippen molar-refractivity contribution in [3.8, 4) is 0 Å². The minimum absolute atomic E-state index is 0.0375. The van der Waals surface area contributed by atoms with Gasteiger partial charge in [0.2, 0.25) is 5.91 Å². The Morgan fingerprint density at radius 1 is 0.854 bits per heavy atom. The minimum atomic E-state index is -0.471. The van der Waals surface area contributed by atoms with Gasteiger partial charge in [-0.3, -0.25) is 19.2 Å². The molecule has 41 heavy (non-hydrogen) atoms. The number of anilines is 2. The third kappa shape index (κ3) is 8.51. The summed E-state index contributed by atoms with van der Waals surface area (Å²) in [5.74, 6) is -1.06. The van der Waals surface area contributed by atoms with Crippen LogP contribution in [-0.2, 0) is 9.59 Å². The van der Waals surface area contributed by atoms with Crippen molar-refractivity contribution in [1.29, 1.82) is 0 Å². The molecule has 0 aliphatic carbocycles. The van der Waals surface area contributed by atoms with Crippen molar-refractivity contribution in [3.63, 3.8) is 0 Å². The van der Waals surface area contributed by atoms with Gasteiger partial charge < -0.3 is 16.0 Å². The number of rotatable bonds is 11. The van der Waals surface area contributed by atoms with Gasteiger partial charge >= 0.3 is 0 Å². The molecule has 0 saturated carbocycles. The van der Waals surface area contributed by atoms with E-state index in [9.17, 15) is 19.2 Å². The van der Waals surface area contributed by atoms with E-state index in [-0.39, 0.29) is 28.5 Å². The first kappa shape index (κ1) is 29.5. The predicted molar refractivity (Wildman–Crippen MR) is 166 cm³/mol. The molecular weight excluding hydrogens is 555 g/mol. The second-order valence-corrected chi connectivity index (χ2v) is 11.1. The van der Waals surface area contributed by atoms with E-state index in [1.165, 1.54) is 30.0 Å². The van der Waals surface area contributed by atoms with Crippen LogP contribution in [0.15, 0.2) is 106 Å². The lowest BCUT2D eigenvalue weighted by Gasteiger charge is -2.16. The fourth-order valence-electron chi connectivity index (χ4n) is 3.81. The summed E-state index contributed by atoms with van der Waals surface area (Å²) in [5.41, 5.74) is 3.06. The molecule has 4 aromatic rings. The zero-order valence-corrected chi connectivity index (χ0v) is 24.2. The summed E-state index contributed by atoms with van der Waals surface area (Å²) in [6.07, 6.45) is 2.21. The Bertz CT molecular complexity index is 1550. The van der Waals surface area contributed by atoms with Crippen molar-refractivity contribution in [3.05, 3.63) is 118 Å². The molecule has 0 aliphatic rings. The Labute approximate surface area is 247 Å². The highest BCUT2D eigenvalue weighted by Gasteiger charge is 2.19. The van der Waals surface area contributed by atoms with Gasteiger partial charge in [-0.25, -0.2) is 0 Å². The Hall–Kier alpha value is -4.47. The van der Waals surface area contributed by atoms with Gasteiger partial charge in [-0.05, 0) is 96.4 Å². The van der Waals surface area contributed by atoms with E-state index in [0.29, 0.717) is 28.9 Å². The summed E-state index contributed by atoms with van der Waals surface area (Å²) in [6.45, 7) is 3.42. The number of amides is 3. The summed E-state index contributed by atoms with van der Waals surface area (Å²) < 4.78 is 0. The van der Waals surface area contributed by atoms with Crippen LogP contribution < -0.4 is 16.0 Å². The quantitative estimate of drug-likeness (QED) is 0.102. The third-order valence-corrected chi connectivity index (χ3v) is 8.03. The van der Waals surface area contributed by atoms with E-state index in [0.717, 1.165) is 10.5 Å². The molecule has 0 aliphatic heterocycles. The van der Waals surface area contributed by atoms with Crippen LogP contribution in [0.4, 0.5) is 11.4 Å². The van der Waals surface area contributed by atoms with E-state index in [2.05, 4.69) is 16.0 Å². The molecule has 1 aromatic heterocycles. The van der Waals surface area contributed by atoms with Crippen molar-refractivity contribution < 1.29 is 19.2 Å². The summed E-state index contributed by atoms with van der Waals surface area (Å²) in [7, 11) is 0. The van der Waals surface area contributed by atoms with E-state index >= 15 is 0 Å². The molecule has 0 fully saturated rings. The molecular formula is C32H29N3O4S2. The maximum atomic E-state index is 13.3. The van der Waals surface area contributed by atoms with E-state index in [1.54, 1.807) is 72.8 Å². The zero-order valence-electron chi connectivity index (χ0n) is 22.5. The average Bonchev–Trinajstić information content (AvgIpc) is 3.49. The molecule has 9 heteroatoms. The molecule has 1 heterocycles. The third-order valence-electron chi connectivity index (χ3n) is 5.98. The second-order valence-electron chi connectivity index (χ2n) is 9.05. The first-order valence-electron chi connectivity index (χ1n) is 12.9. The molecule has 3 N–H and O–H groups in total. The largest absolute Gasteiger partial charge is 0.325 e. The van der Waals surface area contributed by atoms with Crippen molar-refractivity contribution in [2.45, 2.75) is 30.4 Å². The van der Waals surface area contributed by atoms with Crippen molar-refractivity contribution in [2.24, 2.45) is 0 Å². The fourth-order valence-corrected chi connectivity index (χ4v) is 5.44. The van der Waals surface area contributed by atoms with Crippen LogP contribution in [0.2, 0.25) is 0 Å². The molecule has 208 valence electrons. The van der Waals surface area contributed by atoms with Crippen LogP contribution in [0.3, 0.4) is 0 Å². The minimum Gasteiger partial charge on any atom is -0.325 e. The number of benzene rings is 3. The summed E-state index contributed by atoms with van der Waals surface area (Å²) >= 11 is 2.87. The number of carbonyl (C=O) groups is 4. The lowest BCUT2D eigenvalue weighted by atomic mass is 10.1.